The molecule has 4 aromatic rings. The zero-order valence-corrected chi connectivity index (χ0v) is 18.7. The van der Waals surface area contributed by atoms with Gasteiger partial charge in [0, 0.05) is 19.2 Å². The van der Waals surface area contributed by atoms with Crippen LogP contribution in [-0.4, -0.2) is 32.3 Å². The normalized spacial score (nSPS) is 16.3. The predicted octanol–water partition coefficient (Wildman–Crippen LogP) is 5.46. The van der Waals surface area contributed by atoms with Crippen LogP contribution in [0.5, 0.6) is 0 Å². The van der Waals surface area contributed by atoms with E-state index in [1.165, 1.54) is 5.56 Å². The molecule has 0 spiro atoms. The molecule has 6 nitrogen and oxygen atoms in total. The second kappa shape index (κ2) is 9.04. The highest BCUT2D eigenvalue weighted by atomic mass is 32.1. The maximum atomic E-state index is 13.4. The molecule has 0 N–H and O–H groups in total. The summed E-state index contributed by atoms with van der Waals surface area (Å²) >= 11 is 1.56. The van der Waals surface area contributed by atoms with Gasteiger partial charge in [0.15, 0.2) is 0 Å². The number of hydrogen-bond acceptors (Lipinski definition) is 6. The Hall–Kier alpha value is -3.32. The third-order valence-corrected chi connectivity index (χ3v) is 6.78. The lowest BCUT2D eigenvalue weighted by Crippen LogP contribution is -2.38. The highest BCUT2D eigenvalue weighted by Crippen LogP contribution is 2.32. The SMILES string of the molecule is Cc1ncsc1-c1ccc(C(=O)N2CCCCC2c2ncc(Cc3ccccc3)o2)cn1. The van der Waals surface area contributed by atoms with Crippen molar-refractivity contribution in [3.63, 3.8) is 0 Å². The van der Waals surface area contributed by atoms with Crippen LogP contribution in [0.25, 0.3) is 10.6 Å². The third-order valence-electron chi connectivity index (χ3n) is 5.83. The van der Waals surface area contributed by atoms with Gasteiger partial charge in [-0.05, 0) is 43.9 Å². The number of pyridine rings is 1. The van der Waals surface area contributed by atoms with E-state index < -0.39 is 0 Å². The van der Waals surface area contributed by atoms with Crippen LogP contribution in [0.15, 0.2) is 64.8 Å². The zero-order chi connectivity index (χ0) is 21.9. The minimum absolute atomic E-state index is 0.0300. The molecule has 0 radical (unpaired) electrons. The summed E-state index contributed by atoms with van der Waals surface area (Å²) in [5.41, 5.74) is 5.36. The summed E-state index contributed by atoms with van der Waals surface area (Å²) in [4.78, 5) is 29.6. The zero-order valence-electron chi connectivity index (χ0n) is 17.9. The average molecular weight is 445 g/mol. The van der Waals surface area contributed by atoms with Gasteiger partial charge in [0.25, 0.3) is 5.91 Å². The van der Waals surface area contributed by atoms with Gasteiger partial charge in [0.05, 0.1) is 33.5 Å². The van der Waals surface area contributed by atoms with Crippen LogP contribution < -0.4 is 0 Å². The Labute approximate surface area is 191 Å². The standard InChI is InChI=1S/C25H24N4O2S/c1-17-23(32-16-28-17)21-11-10-19(14-26-21)25(30)29-12-6-5-9-22(29)24-27-15-20(31-24)13-18-7-3-2-4-8-18/h2-4,7-8,10-11,14-16,22H,5-6,9,12-13H2,1H3. The van der Waals surface area contributed by atoms with Crippen LogP contribution >= 0.6 is 11.3 Å². The molecule has 1 aromatic carbocycles. The summed E-state index contributed by atoms with van der Waals surface area (Å²) in [6, 6.07) is 13.8. The number of oxazole rings is 1. The van der Waals surface area contributed by atoms with Crippen molar-refractivity contribution in [3.8, 4) is 10.6 Å². The third kappa shape index (κ3) is 4.21. The Balaban J connectivity index is 1.34. The summed E-state index contributed by atoms with van der Waals surface area (Å²) in [5, 5.41) is 0. The molecule has 32 heavy (non-hydrogen) atoms. The molecular formula is C25H24N4O2S. The predicted molar refractivity (Wildman–Crippen MR) is 123 cm³/mol. The first kappa shape index (κ1) is 20.6. The van der Waals surface area contributed by atoms with Gasteiger partial charge in [0.2, 0.25) is 5.89 Å². The van der Waals surface area contributed by atoms with Gasteiger partial charge in [-0.3, -0.25) is 9.78 Å². The van der Waals surface area contributed by atoms with Gasteiger partial charge in [-0.1, -0.05) is 30.3 Å². The van der Waals surface area contributed by atoms with E-state index in [9.17, 15) is 4.79 Å². The monoisotopic (exact) mass is 444 g/mol. The molecule has 5 rings (SSSR count). The van der Waals surface area contributed by atoms with Crippen molar-refractivity contribution >= 4 is 17.2 Å². The van der Waals surface area contributed by atoms with Crippen LogP contribution in [0.4, 0.5) is 0 Å². The molecule has 4 heterocycles. The van der Waals surface area contributed by atoms with E-state index in [0.29, 0.717) is 24.4 Å². The summed E-state index contributed by atoms with van der Waals surface area (Å²) in [6.45, 7) is 2.66. The van der Waals surface area contributed by atoms with E-state index in [-0.39, 0.29) is 11.9 Å². The van der Waals surface area contributed by atoms with E-state index in [0.717, 1.165) is 41.3 Å². The van der Waals surface area contributed by atoms with Crippen LogP contribution in [0.3, 0.4) is 0 Å². The Bertz CT molecular complexity index is 1200. The fourth-order valence-corrected chi connectivity index (χ4v) is 4.94. The number of amides is 1. The average Bonchev–Trinajstić information content (AvgIpc) is 3.48. The smallest absolute Gasteiger partial charge is 0.256 e. The molecular weight excluding hydrogens is 420 g/mol. The lowest BCUT2D eigenvalue weighted by molar-refractivity contribution is 0.0569. The van der Waals surface area contributed by atoms with Gasteiger partial charge in [-0.15, -0.1) is 11.3 Å². The van der Waals surface area contributed by atoms with Gasteiger partial charge in [-0.25, -0.2) is 9.97 Å². The van der Waals surface area contributed by atoms with E-state index in [2.05, 4.69) is 27.1 Å². The van der Waals surface area contributed by atoms with E-state index in [1.807, 2.05) is 47.7 Å². The number of likely N-dealkylation sites (tertiary alicyclic amines) is 1. The maximum Gasteiger partial charge on any atom is 0.256 e. The number of rotatable bonds is 5. The van der Waals surface area contributed by atoms with Crippen molar-refractivity contribution in [3.05, 3.63) is 88.8 Å². The summed E-state index contributed by atoms with van der Waals surface area (Å²) in [6.07, 6.45) is 7.02. The number of carbonyl (C=O) groups is 1. The number of hydrogen-bond donors (Lipinski definition) is 0. The van der Waals surface area contributed by atoms with E-state index in [1.54, 1.807) is 23.7 Å². The minimum Gasteiger partial charge on any atom is -0.443 e. The lowest BCUT2D eigenvalue weighted by atomic mass is 10.0. The number of nitrogens with zero attached hydrogens (tertiary/aromatic N) is 4. The first-order valence-corrected chi connectivity index (χ1v) is 11.7. The fraction of sp³-hybridized carbons (Fsp3) is 0.280. The van der Waals surface area contributed by atoms with Crippen LogP contribution in [0.2, 0.25) is 0 Å². The quantitative estimate of drug-likeness (QED) is 0.409. The van der Waals surface area contributed by atoms with Gasteiger partial charge < -0.3 is 9.32 Å². The molecule has 0 aliphatic carbocycles. The number of aromatic nitrogens is 3. The van der Waals surface area contributed by atoms with Gasteiger partial charge >= 0.3 is 0 Å². The molecule has 0 saturated carbocycles. The van der Waals surface area contributed by atoms with Crippen LogP contribution in [-0.2, 0) is 6.42 Å². The number of benzene rings is 1. The summed E-state index contributed by atoms with van der Waals surface area (Å²) in [5.74, 6) is 1.40. The fourth-order valence-electron chi connectivity index (χ4n) is 4.16. The summed E-state index contributed by atoms with van der Waals surface area (Å²) in [7, 11) is 0. The maximum absolute atomic E-state index is 13.4. The number of aryl methyl sites for hydroxylation is 1. The molecule has 1 aliphatic heterocycles. The Morgan fingerprint density at radius 1 is 1.09 bits per heavy atom. The molecule has 7 heteroatoms. The number of piperidine rings is 1. The topological polar surface area (TPSA) is 72.1 Å². The van der Waals surface area contributed by atoms with Crippen molar-refractivity contribution in [2.24, 2.45) is 0 Å². The molecule has 1 saturated heterocycles. The van der Waals surface area contributed by atoms with Crippen molar-refractivity contribution in [1.29, 1.82) is 0 Å². The Morgan fingerprint density at radius 3 is 2.72 bits per heavy atom. The first-order chi connectivity index (χ1) is 15.7. The molecule has 1 atom stereocenters. The molecule has 1 fully saturated rings. The second-order valence-electron chi connectivity index (χ2n) is 8.04. The molecule has 3 aromatic heterocycles. The van der Waals surface area contributed by atoms with Gasteiger partial charge in [-0.2, -0.15) is 0 Å². The van der Waals surface area contributed by atoms with Crippen molar-refractivity contribution in [2.75, 3.05) is 6.54 Å². The largest absolute Gasteiger partial charge is 0.443 e. The van der Waals surface area contributed by atoms with Crippen molar-refractivity contribution < 1.29 is 9.21 Å². The van der Waals surface area contributed by atoms with Crippen LogP contribution in [0.1, 0.15) is 58.6 Å². The molecule has 1 unspecified atom stereocenters. The van der Waals surface area contributed by atoms with Gasteiger partial charge in [0.1, 0.15) is 11.8 Å². The number of thiazole rings is 1. The van der Waals surface area contributed by atoms with Crippen LogP contribution in [0, 0.1) is 6.92 Å². The molecule has 0 bridgehead atoms. The highest BCUT2D eigenvalue weighted by Gasteiger charge is 2.32. The Morgan fingerprint density at radius 2 is 1.97 bits per heavy atom. The van der Waals surface area contributed by atoms with Crippen molar-refractivity contribution in [1.82, 2.24) is 19.9 Å². The lowest BCUT2D eigenvalue weighted by Gasteiger charge is -2.33. The minimum atomic E-state index is -0.149. The first-order valence-electron chi connectivity index (χ1n) is 10.8. The molecule has 162 valence electrons. The second-order valence-corrected chi connectivity index (χ2v) is 8.89. The molecule has 1 amide bonds. The molecule has 1 aliphatic rings. The number of carbonyl (C=O) groups excluding carboxylic acids is 1. The Kier molecular flexibility index (Phi) is 5.81. The van der Waals surface area contributed by atoms with E-state index >= 15 is 0 Å². The van der Waals surface area contributed by atoms with E-state index in [4.69, 9.17) is 4.42 Å². The summed E-state index contributed by atoms with van der Waals surface area (Å²) < 4.78 is 6.10. The highest BCUT2D eigenvalue weighted by molar-refractivity contribution is 7.13. The van der Waals surface area contributed by atoms with Crippen molar-refractivity contribution in [2.45, 2.75) is 38.6 Å².